The molecule has 0 radical (unpaired) electrons. The summed E-state index contributed by atoms with van der Waals surface area (Å²) in [5, 5.41) is 0. The average Bonchev–Trinajstić information content (AvgIpc) is 2.43. The second-order valence-electron chi connectivity index (χ2n) is 3.86. The summed E-state index contributed by atoms with van der Waals surface area (Å²) >= 11 is 0. The Morgan fingerprint density at radius 3 is 2.63 bits per heavy atom. The minimum absolute atomic E-state index is 0.0252. The van der Waals surface area contributed by atoms with E-state index in [2.05, 4.69) is 4.74 Å². The molecule has 0 aliphatic heterocycles. The number of carbonyl (C=O) groups excluding carboxylic acids is 2. The number of hydrogen-bond donors (Lipinski definition) is 0. The summed E-state index contributed by atoms with van der Waals surface area (Å²) < 4.78 is 22.8. The molecule has 0 atom stereocenters. The van der Waals surface area contributed by atoms with E-state index in [1.165, 1.54) is 37.3 Å². The zero-order chi connectivity index (χ0) is 14.3. The van der Waals surface area contributed by atoms with E-state index < -0.39 is 11.8 Å². The van der Waals surface area contributed by atoms with Crippen molar-refractivity contribution in [3.8, 4) is 5.75 Å². The smallest absolute Gasteiger partial charge is 0.307 e. The molecule has 1 rings (SSSR count). The predicted molar refractivity (Wildman–Crippen MR) is 66.2 cm³/mol. The maximum absolute atomic E-state index is 13.2. The number of rotatable bonds is 6. The number of methoxy groups -OCH3 is 1. The summed E-state index contributed by atoms with van der Waals surface area (Å²) in [7, 11) is 2.82. The van der Waals surface area contributed by atoms with Gasteiger partial charge in [0.2, 0.25) is 0 Å². The number of carbonyl (C=O) groups is 2. The average molecular weight is 269 g/mol. The van der Waals surface area contributed by atoms with Crippen molar-refractivity contribution in [2.24, 2.45) is 0 Å². The van der Waals surface area contributed by atoms with Gasteiger partial charge in [0.05, 0.1) is 13.5 Å². The molecule has 0 aliphatic rings. The highest BCUT2D eigenvalue weighted by Crippen LogP contribution is 2.15. The highest BCUT2D eigenvalue weighted by Gasteiger charge is 2.12. The van der Waals surface area contributed by atoms with E-state index in [1.54, 1.807) is 6.07 Å². The van der Waals surface area contributed by atoms with Gasteiger partial charge in [-0.1, -0.05) is 12.1 Å². The monoisotopic (exact) mass is 269 g/mol. The first-order chi connectivity index (χ1) is 9.04. The van der Waals surface area contributed by atoms with Crippen LogP contribution in [-0.2, 0) is 14.3 Å². The Hall–Kier alpha value is -2.11. The van der Waals surface area contributed by atoms with Gasteiger partial charge in [-0.25, -0.2) is 4.39 Å². The number of amides is 1. The number of ether oxygens (including phenoxy) is 2. The molecule has 1 aromatic rings. The van der Waals surface area contributed by atoms with Crippen molar-refractivity contribution in [3.05, 3.63) is 30.1 Å². The molecule has 0 N–H and O–H groups in total. The van der Waals surface area contributed by atoms with E-state index in [4.69, 9.17) is 4.74 Å². The molecule has 0 fully saturated rings. The Morgan fingerprint density at radius 2 is 2.00 bits per heavy atom. The van der Waals surface area contributed by atoms with Gasteiger partial charge < -0.3 is 14.4 Å². The van der Waals surface area contributed by atoms with Gasteiger partial charge in [0, 0.05) is 13.6 Å². The van der Waals surface area contributed by atoms with E-state index in [0.29, 0.717) is 0 Å². The number of hydrogen-bond acceptors (Lipinski definition) is 4. The molecule has 0 heterocycles. The second-order valence-corrected chi connectivity index (χ2v) is 3.86. The number of para-hydroxylation sites is 1. The molecule has 5 nitrogen and oxygen atoms in total. The first kappa shape index (κ1) is 14.9. The number of esters is 1. The molecule has 0 bridgehead atoms. The Labute approximate surface area is 110 Å². The van der Waals surface area contributed by atoms with Gasteiger partial charge in [0.25, 0.3) is 5.91 Å². The summed E-state index contributed by atoms with van der Waals surface area (Å²) in [6.07, 6.45) is 0.110. The SMILES string of the molecule is COC(=O)CCN(C)C(=O)COc1ccccc1F. The molecule has 1 aromatic carbocycles. The largest absolute Gasteiger partial charge is 0.481 e. The Bertz CT molecular complexity index is 450. The van der Waals surface area contributed by atoms with Gasteiger partial charge in [-0.05, 0) is 12.1 Å². The van der Waals surface area contributed by atoms with Crippen LogP contribution in [0.3, 0.4) is 0 Å². The Kier molecular flexibility index (Phi) is 5.78. The molecule has 104 valence electrons. The number of benzene rings is 1. The molecule has 1 amide bonds. The van der Waals surface area contributed by atoms with Crippen molar-refractivity contribution >= 4 is 11.9 Å². The van der Waals surface area contributed by atoms with Gasteiger partial charge in [-0.2, -0.15) is 0 Å². The topological polar surface area (TPSA) is 55.8 Å². The van der Waals surface area contributed by atoms with Crippen LogP contribution < -0.4 is 4.74 Å². The molecule has 0 saturated heterocycles. The van der Waals surface area contributed by atoms with Gasteiger partial charge >= 0.3 is 5.97 Å². The zero-order valence-corrected chi connectivity index (χ0v) is 10.9. The molecule has 19 heavy (non-hydrogen) atoms. The molecule has 0 aromatic heterocycles. The summed E-state index contributed by atoms with van der Waals surface area (Å²) in [6, 6.07) is 5.84. The van der Waals surface area contributed by atoms with Gasteiger partial charge in [-0.3, -0.25) is 9.59 Å². The second kappa shape index (κ2) is 7.35. The minimum Gasteiger partial charge on any atom is -0.481 e. The van der Waals surface area contributed by atoms with Crippen LogP contribution in [0, 0.1) is 5.82 Å². The fourth-order valence-electron chi connectivity index (χ4n) is 1.30. The van der Waals surface area contributed by atoms with Crippen LogP contribution in [-0.4, -0.2) is 44.1 Å². The van der Waals surface area contributed by atoms with E-state index >= 15 is 0 Å². The summed E-state index contributed by atoms with van der Waals surface area (Å²) in [4.78, 5) is 23.9. The fourth-order valence-corrected chi connectivity index (χ4v) is 1.30. The maximum Gasteiger partial charge on any atom is 0.307 e. The molecular formula is C13H16FNO4. The zero-order valence-electron chi connectivity index (χ0n) is 10.9. The van der Waals surface area contributed by atoms with Crippen molar-refractivity contribution in [1.82, 2.24) is 4.90 Å². The van der Waals surface area contributed by atoms with Crippen molar-refractivity contribution < 1.29 is 23.5 Å². The third-order valence-electron chi connectivity index (χ3n) is 2.49. The summed E-state index contributed by atoms with van der Waals surface area (Å²) in [5.41, 5.74) is 0. The summed E-state index contributed by atoms with van der Waals surface area (Å²) in [6.45, 7) is -0.0508. The first-order valence-corrected chi connectivity index (χ1v) is 5.72. The maximum atomic E-state index is 13.2. The quantitative estimate of drug-likeness (QED) is 0.729. The molecule has 0 unspecified atom stereocenters. The molecule has 0 saturated carbocycles. The molecule has 0 spiro atoms. The highest BCUT2D eigenvalue weighted by molar-refractivity contribution is 5.78. The van der Waals surface area contributed by atoms with Crippen LogP contribution >= 0.6 is 0 Å². The third-order valence-corrected chi connectivity index (χ3v) is 2.49. The van der Waals surface area contributed by atoms with E-state index in [0.717, 1.165) is 0 Å². The van der Waals surface area contributed by atoms with Crippen molar-refractivity contribution in [3.63, 3.8) is 0 Å². The lowest BCUT2D eigenvalue weighted by Crippen LogP contribution is -2.33. The fraction of sp³-hybridized carbons (Fsp3) is 0.385. The lowest BCUT2D eigenvalue weighted by Gasteiger charge is -2.16. The van der Waals surface area contributed by atoms with Gasteiger partial charge in [-0.15, -0.1) is 0 Å². The third kappa shape index (κ3) is 4.95. The van der Waals surface area contributed by atoms with Crippen LogP contribution in [0.25, 0.3) is 0 Å². The van der Waals surface area contributed by atoms with Crippen LogP contribution in [0.15, 0.2) is 24.3 Å². The lowest BCUT2D eigenvalue weighted by molar-refractivity contribution is -0.141. The standard InChI is InChI=1S/C13H16FNO4/c1-15(8-7-13(17)18-2)12(16)9-19-11-6-4-3-5-10(11)14/h3-6H,7-9H2,1-2H3. The van der Waals surface area contributed by atoms with Crippen LogP contribution in [0.4, 0.5) is 4.39 Å². The van der Waals surface area contributed by atoms with Crippen molar-refractivity contribution in [2.75, 3.05) is 27.3 Å². The molecule has 0 aliphatic carbocycles. The van der Waals surface area contributed by atoms with Crippen molar-refractivity contribution in [1.29, 1.82) is 0 Å². The minimum atomic E-state index is -0.521. The molecule has 6 heteroatoms. The summed E-state index contributed by atoms with van der Waals surface area (Å²) in [5.74, 6) is -1.23. The number of likely N-dealkylation sites (N-methyl/N-ethyl adjacent to an activating group) is 1. The predicted octanol–water partition coefficient (Wildman–Crippen LogP) is 1.23. The van der Waals surface area contributed by atoms with Crippen LogP contribution in [0.5, 0.6) is 5.75 Å². The van der Waals surface area contributed by atoms with E-state index in [-0.39, 0.29) is 31.2 Å². The first-order valence-electron chi connectivity index (χ1n) is 5.72. The normalized spacial score (nSPS) is 9.84. The molecular weight excluding hydrogens is 253 g/mol. The Morgan fingerprint density at radius 1 is 1.32 bits per heavy atom. The van der Waals surface area contributed by atoms with Crippen LogP contribution in [0.2, 0.25) is 0 Å². The van der Waals surface area contributed by atoms with Crippen molar-refractivity contribution in [2.45, 2.75) is 6.42 Å². The number of nitrogens with zero attached hydrogens (tertiary/aromatic N) is 1. The van der Waals surface area contributed by atoms with Crippen LogP contribution in [0.1, 0.15) is 6.42 Å². The lowest BCUT2D eigenvalue weighted by atomic mass is 10.3. The van der Waals surface area contributed by atoms with Gasteiger partial charge in [0.1, 0.15) is 0 Å². The number of halogens is 1. The highest BCUT2D eigenvalue weighted by atomic mass is 19.1. The van der Waals surface area contributed by atoms with E-state index in [9.17, 15) is 14.0 Å². The Balaban J connectivity index is 2.38. The van der Waals surface area contributed by atoms with Gasteiger partial charge in [0.15, 0.2) is 18.2 Å². The van der Waals surface area contributed by atoms with E-state index in [1.807, 2.05) is 0 Å².